The molecule has 2 aromatic heterocycles. The van der Waals surface area contributed by atoms with Gasteiger partial charge in [0.1, 0.15) is 11.9 Å². The fourth-order valence-corrected chi connectivity index (χ4v) is 2.33. The van der Waals surface area contributed by atoms with Crippen LogP contribution in [0.4, 0.5) is 0 Å². The highest BCUT2D eigenvalue weighted by Gasteiger charge is 2.30. The van der Waals surface area contributed by atoms with Crippen LogP contribution in [0.1, 0.15) is 22.7 Å². The first-order chi connectivity index (χ1) is 10.7. The Kier molecular flexibility index (Phi) is 3.90. The van der Waals surface area contributed by atoms with E-state index in [9.17, 15) is 4.79 Å². The molecule has 0 radical (unpaired) electrons. The van der Waals surface area contributed by atoms with Crippen molar-refractivity contribution in [3.8, 4) is 11.8 Å². The molecule has 1 unspecified atom stereocenters. The fraction of sp³-hybridized carbons (Fsp3) is 0.429. The molecule has 1 aliphatic heterocycles. The van der Waals surface area contributed by atoms with E-state index in [1.165, 1.54) is 19.5 Å². The molecular weight excluding hydrogens is 288 g/mol. The number of aryl methyl sites for hydroxylation is 1. The lowest BCUT2D eigenvalue weighted by molar-refractivity contribution is 0.0760. The zero-order valence-electron chi connectivity index (χ0n) is 12.4. The Morgan fingerprint density at radius 3 is 2.82 bits per heavy atom. The molecule has 0 saturated carbocycles. The molecule has 1 atom stereocenters. The number of hydrogen-bond acceptors (Lipinski definition) is 7. The van der Waals surface area contributed by atoms with Gasteiger partial charge in [-0.3, -0.25) is 4.79 Å². The van der Waals surface area contributed by atoms with Crippen molar-refractivity contribution in [1.82, 2.24) is 20.0 Å². The summed E-state index contributed by atoms with van der Waals surface area (Å²) in [6.45, 7) is 2.81. The van der Waals surface area contributed by atoms with Crippen molar-refractivity contribution < 1.29 is 18.8 Å². The van der Waals surface area contributed by atoms with Gasteiger partial charge in [0.2, 0.25) is 0 Å². The normalized spacial score (nSPS) is 17.5. The first kappa shape index (κ1) is 14.3. The van der Waals surface area contributed by atoms with E-state index in [2.05, 4.69) is 15.1 Å². The summed E-state index contributed by atoms with van der Waals surface area (Å²) in [6.07, 6.45) is 3.63. The summed E-state index contributed by atoms with van der Waals surface area (Å²) in [5.74, 6) is 1.12. The minimum Gasteiger partial charge on any atom is -0.477 e. The highest BCUT2D eigenvalue weighted by atomic mass is 16.5. The first-order valence-electron chi connectivity index (χ1n) is 6.91. The summed E-state index contributed by atoms with van der Waals surface area (Å²) in [7, 11) is 1.51. The zero-order chi connectivity index (χ0) is 15.5. The van der Waals surface area contributed by atoms with E-state index in [0.717, 1.165) is 0 Å². The van der Waals surface area contributed by atoms with Crippen LogP contribution in [0.25, 0.3) is 0 Å². The Morgan fingerprint density at radius 2 is 2.14 bits per heavy atom. The van der Waals surface area contributed by atoms with E-state index in [1.807, 2.05) is 0 Å². The standard InChI is InChI=1S/C14H16N4O4/c1-9-7-11(17-22-9)14(19)18-6-3-10(8-18)21-13-12(20-2)15-4-5-16-13/h4-5,7,10H,3,6,8H2,1-2H3. The topological polar surface area (TPSA) is 90.6 Å². The number of carbonyl (C=O) groups is 1. The van der Waals surface area contributed by atoms with Gasteiger partial charge in [-0.2, -0.15) is 0 Å². The van der Waals surface area contributed by atoms with Crippen molar-refractivity contribution in [3.63, 3.8) is 0 Å². The summed E-state index contributed by atoms with van der Waals surface area (Å²) < 4.78 is 15.8. The minimum atomic E-state index is -0.158. The van der Waals surface area contributed by atoms with Gasteiger partial charge in [-0.25, -0.2) is 9.97 Å². The lowest BCUT2D eigenvalue weighted by atomic mass is 10.3. The molecule has 0 N–H and O–H groups in total. The molecule has 8 nitrogen and oxygen atoms in total. The van der Waals surface area contributed by atoms with Gasteiger partial charge in [0.15, 0.2) is 5.69 Å². The second kappa shape index (κ2) is 6.00. The predicted octanol–water partition coefficient (Wildman–Crippen LogP) is 1.08. The summed E-state index contributed by atoms with van der Waals surface area (Å²) in [4.78, 5) is 22.1. The predicted molar refractivity (Wildman–Crippen MR) is 74.8 cm³/mol. The molecule has 0 spiro atoms. The Morgan fingerprint density at radius 1 is 1.36 bits per heavy atom. The number of hydrogen-bond donors (Lipinski definition) is 0. The van der Waals surface area contributed by atoms with Crippen LogP contribution in [0.15, 0.2) is 23.0 Å². The molecule has 0 aromatic carbocycles. The summed E-state index contributed by atoms with van der Waals surface area (Å²) >= 11 is 0. The highest BCUT2D eigenvalue weighted by molar-refractivity contribution is 5.92. The maximum atomic E-state index is 12.3. The van der Waals surface area contributed by atoms with E-state index >= 15 is 0 Å². The van der Waals surface area contributed by atoms with Gasteiger partial charge in [-0.05, 0) is 6.92 Å². The molecule has 2 aromatic rings. The summed E-state index contributed by atoms with van der Waals surface area (Å²) in [5.41, 5.74) is 0.315. The van der Waals surface area contributed by atoms with E-state index in [0.29, 0.717) is 42.7 Å². The third kappa shape index (κ3) is 2.85. The number of methoxy groups -OCH3 is 1. The second-order valence-corrected chi connectivity index (χ2v) is 4.97. The van der Waals surface area contributed by atoms with Gasteiger partial charge in [0.25, 0.3) is 17.7 Å². The van der Waals surface area contributed by atoms with Crippen molar-refractivity contribution in [2.45, 2.75) is 19.4 Å². The van der Waals surface area contributed by atoms with Crippen molar-refractivity contribution >= 4 is 5.91 Å². The van der Waals surface area contributed by atoms with Gasteiger partial charge in [-0.15, -0.1) is 0 Å². The first-order valence-corrected chi connectivity index (χ1v) is 6.91. The van der Waals surface area contributed by atoms with Crippen molar-refractivity contribution in [3.05, 3.63) is 29.9 Å². The van der Waals surface area contributed by atoms with E-state index < -0.39 is 0 Å². The van der Waals surface area contributed by atoms with E-state index in [4.69, 9.17) is 14.0 Å². The van der Waals surface area contributed by atoms with Crippen molar-refractivity contribution in [2.75, 3.05) is 20.2 Å². The number of ether oxygens (including phenoxy) is 2. The lowest BCUT2D eigenvalue weighted by Crippen LogP contribution is -2.31. The number of rotatable bonds is 4. The number of aromatic nitrogens is 3. The molecule has 116 valence electrons. The van der Waals surface area contributed by atoms with Gasteiger partial charge in [0, 0.05) is 31.4 Å². The molecule has 3 rings (SSSR count). The number of carbonyl (C=O) groups excluding carboxylic acids is 1. The van der Waals surface area contributed by atoms with Gasteiger partial charge in [-0.1, -0.05) is 5.16 Å². The van der Waals surface area contributed by atoms with E-state index in [-0.39, 0.29) is 12.0 Å². The molecule has 1 fully saturated rings. The highest BCUT2D eigenvalue weighted by Crippen LogP contribution is 2.24. The third-order valence-electron chi connectivity index (χ3n) is 3.38. The van der Waals surface area contributed by atoms with Crippen LogP contribution in [0, 0.1) is 6.92 Å². The molecule has 1 amide bonds. The van der Waals surface area contributed by atoms with Crippen molar-refractivity contribution in [1.29, 1.82) is 0 Å². The number of likely N-dealkylation sites (tertiary alicyclic amines) is 1. The smallest absolute Gasteiger partial charge is 0.278 e. The van der Waals surface area contributed by atoms with Crippen LogP contribution in [0.3, 0.4) is 0 Å². The number of amides is 1. The fourth-order valence-electron chi connectivity index (χ4n) is 2.33. The Hall–Kier alpha value is -2.64. The van der Waals surface area contributed by atoms with Crippen LogP contribution >= 0.6 is 0 Å². The molecule has 0 aliphatic carbocycles. The van der Waals surface area contributed by atoms with Gasteiger partial charge < -0.3 is 18.9 Å². The number of nitrogens with zero attached hydrogens (tertiary/aromatic N) is 4. The third-order valence-corrected chi connectivity index (χ3v) is 3.38. The van der Waals surface area contributed by atoms with E-state index in [1.54, 1.807) is 17.9 Å². The van der Waals surface area contributed by atoms with Crippen LogP contribution < -0.4 is 9.47 Å². The average molecular weight is 304 g/mol. The maximum Gasteiger partial charge on any atom is 0.278 e. The molecular formula is C14H16N4O4. The summed E-state index contributed by atoms with van der Waals surface area (Å²) in [5, 5.41) is 3.75. The SMILES string of the molecule is COc1nccnc1OC1CCN(C(=O)c2cc(C)on2)C1. The minimum absolute atomic E-state index is 0.150. The van der Waals surface area contributed by atoms with Crippen LogP contribution in [0.2, 0.25) is 0 Å². The second-order valence-electron chi connectivity index (χ2n) is 4.97. The monoisotopic (exact) mass is 304 g/mol. The molecule has 1 aliphatic rings. The Bertz CT molecular complexity index is 672. The largest absolute Gasteiger partial charge is 0.477 e. The Labute approximate surface area is 127 Å². The lowest BCUT2D eigenvalue weighted by Gasteiger charge is -2.16. The molecule has 1 saturated heterocycles. The molecule has 22 heavy (non-hydrogen) atoms. The van der Waals surface area contributed by atoms with Crippen LogP contribution in [-0.2, 0) is 0 Å². The summed E-state index contributed by atoms with van der Waals surface area (Å²) in [6, 6.07) is 1.63. The molecule has 3 heterocycles. The van der Waals surface area contributed by atoms with Crippen molar-refractivity contribution in [2.24, 2.45) is 0 Å². The Balaban J connectivity index is 1.64. The molecule has 0 bridgehead atoms. The van der Waals surface area contributed by atoms with Gasteiger partial charge >= 0.3 is 0 Å². The maximum absolute atomic E-state index is 12.3. The molecule has 8 heteroatoms. The van der Waals surface area contributed by atoms with Crippen LogP contribution in [0.5, 0.6) is 11.8 Å². The van der Waals surface area contributed by atoms with Crippen LogP contribution in [-0.4, -0.2) is 52.2 Å². The quantitative estimate of drug-likeness (QED) is 0.834. The zero-order valence-corrected chi connectivity index (χ0v) is 12.4. The average Bonchev–Trinajstić information content (AvgIpc) is 3.16. The van der Waals surface area contributed by atoms with Gasteiger partial charge in [0.05, 0.1) is 13.7 Å².